The summed E-state index contributed by atoms with van der Waals surface area (Å²) in [5.41, 5.74) is 3.15. The molecular formula is C27H31ClFN5O3S. The number of nitrogens with one attached hydrogen (secondary N) is 1. The van der Waals surface area contributed by atoms with Crippen LogP contribution in [0.5, 0.6) is 0 Å². The van der Waals surface area contributed by atoms with Crippen molar-refractivity contribution >= 4 is 44.7 Å². The second-order valence-corrected chi connectivity index (χ2v) is 11.6. The molecular weight excluding hydrogens is 529 g/mol. The third kappa shape index (κ3) is 5.56. The summed E-state index contributed by atoms with van der Waals surface area (Å²) < 4.78 is 40.7. The number of rotatable bonds is 6. The maximum Gasteiger partial charge on any atom is 0.263 e. The Bertz CT molecular complexity index is 1420. The number of pyridine rings is 1. The maximum atomic E-state index is 13.4. The Labute approximate surface area is 228 Å². The zero-order valence-corrected chi connectivity index (χ0v) is 22.6. The minimum absolute atomic E-state index is 0. The molecule has 3 heterocycles. The van der Waals surface area contributed by atoms with Crippen molar-refractivity contribution in [1.29, 1.82) is 0 Å². The molecule has 3 aromatic rings. The average molecular weight is 560 g/mol. The lowest BCUT2D eigenvalue weighted by molar-refractivity contribution is -0.132. The maximum absolute atomic E-state index is 13.4. The van der Waals surface area contributed by atoms with Crippen LogP contribution in [-0.2, 0) is 21.2 Å². The number of benzene rings is 2. The van der Waals surface area contributed by atoms with Gasteiger partial charge in [0, 0.05) is 50.5 Å². The first-order valence-corrected chi connectivity index (χ1v) is 14.4. The summed E-state index contributed by atoms with van der Waals surface area (Å²) in [6.07, 6.45) is 2.90. The molecule has 1 saturated heterocycles. The highest BCUT2D eigenvalue weighted by atomic mass is 35.5. The minimum Gasteiger partial charge on any atom is -0.368 e. The molecule has 1 N–H and O–H groups in total. The van der Waals surface area contributed by atoms with Gasteiger partial charge in [-0.3, -0.25) is 9.52 Å². The van der Waals surface area contributed by atoms with Crippen LogP contribution in [0.2, 0.25) is 5.02 Å². The molecule has 0 bridgehead atoms. The lowest BCUT2D eigenvalue weighted by Gasteiger charge is -2.41. The van der Waals surface area contributed by atoms with Gasteiger partial charge in [-0.05, 0) is 79.9 Å². The fourth-order valence-electron chi connectivity index (χ4n) is 5.05. The van der Waals surface area contributed by atoms with Crippen molar-refractivity contribution in [2.45, 2.75) is 30.7 Å². The van der Waals surface area contributed by atoms with Crippen LogP contribution in [0.15, 0.2) is 65.7 Å². The number of amides is 1. The van der Waals surface area contributed by atoms with E-state index in [1.807, 2.05) is 30.0 Å². The summed E-state index contributed by atoms with van der Waals surface area (Å²) in [6, 6.07) is 14.6. The molecule has 0 spiro atoms. The number of hydrogen-bond donors (Lipinski definition) is 1. The summed E-state index contributed by atoms with van der Waals surface area (Å²) in [7, 11) is -3.86. The van der Waals surface area contributed by atoms with E-state index in [2.05, 4.69) is 19.5 Å². The molecule has 5 rings (SSSR count). The molecule has 0 radical (unpaired) electrons. The average Bonchev–Trinajstić information content (AvgIpc) is 2.93. The Balaban J connectivity index is 0.00000353. The number of carbonyl (C=O) groups excluding carboxylic acids is 1. The van der Waals surface area contributed by atoms with Crippen molar-refractivity contribution < 1.29 is 19.0 Å². The van der Waals surface area contributed by atoms with E-state index in [1.165, 1.54) is 23.8 Å². The lowest BCUT2D eigenvalue weighted by atomic mass is 10.00. The summed E-state index contributed by atoms with van der Waals surface area (Å²) >= 11 is 6.18. The van der Waals surface area contributed by atoms with Gasteiger partial charge in [-0.1, -0.05) is 11.6 Å². The predicted octanol–water partition coefficient (Wildman–Crippen LogP) is 4.41. The van der Waals surface area contributed by atoms with Gasteiger partial charge in [0.15, 0.2) is 0 Å². The van der Waals surface area contributed by atoms with Crippen LogP contribution in [0.25, 0.3) is 0 Å². The van der Waals surface area contributed by atoms with Gasteiger partial charge in [0.2, 0.25) is 5.91 Å². The quantitative estimate of drug-likeness (QED) is 0.481. The molecule has 0 unspecified atom stereocenters. The molecule has 1 amide bonds. The van der Waals surface area contributed by atoms with E-state index in [1.54, 1.807) is 12.1 Å². The Kier molecular flexibility index (Phi) is 7.45. The number of hydrogen-bond acceptors (Lipinski definition) is 6. The molecule has 2 aromatic carbocycles. The van der Waals surface area contributed by atoms with Gasteiger partial charge in [0.05, 0.1) is 11.1 Å². The van der Waals surface area contributed by atoms with Crippen molar-refractivity contribution in [3.05, 3.63) is 77.2 Å². The van der Waals surface area contributed by atoms with E-state index in [4.69, 9.17) is 11.6 Å². The summed E-state index contributed by atoms with van der Waals surface area (Å²) in [4.78, 5) is 23.4. The number of piperazine rings is 1. The Morgan fingerprint density at radius 1 is 1.05 bits per heavy atom. The monoisotopic (exact) mass is 559 g/mol. The number of aromatic nitrogens is 1. The zero-order valence-electron chi connectivity index (χ0n) is 21.0. The van der Waals surface area contributed by atoms with Gasteiger partial charge in [-0.25, -0.2) is 17.8 Å². The van der Waals surface area contributed by atoms with Crippen LogP contribution < -0.4 is 14.5 Å². The molecule has 1 aromatic heterocycles. The zero-order chi connectivity index (χ0) is 26.9. The highest BCUT2D eigenvalue weighted by molar-refractivity contribution is 7.92. The van der Waals surface area contributed by atoms with E-state index >= 15 is 0 Å². The largest absolute Gasteiger partial charge is 0.368 e. The van der Waals surface area contributed by atoms with E-state index in [0.29, 0.717) is 31.2 Å². The van der Waals surface area contributed by atoms with E-state index < -0.39 is 15.8 Å². The second-order valence-electron chi connectivity index (χ2n) is 9.52. The number of carbonyl (C=O) groups is 1. The SMILES string of the molecule is C[C@@H](C(=O)N1CCN(c2ccc(S(=O)(=O)Nc3ccc(F)cn3)cc2)CC1)N1CCCc2cc(Cl)ccc21.[HH]. The molecule has 1 atom stereocenters. The third-order valence-corrected chi connectivity index (χ3v) is 8.70. The molecule has 2 aliphatic rings. The van der Waals surface area contributed by atoms with Crippen LogP contribution >= 0.6 is 11.6 Å². The van der Waals surface area contributed by atoms with Gasteiger partial charge >= 0.3 is 0 Å². The number of nitrogens with zero attached hydrogens (tertiary/aromatic N) is 4. The number of sulfonamides is 1. The van der Waals surface area contributed by atoms with Crippen LogP contribution in [0, 0.1) is 5.82 Å². The van der Waals surface area contributed by atoms with Gasteiger partial charge in [0.25, 0.3) is 10.0 Å². The van der Waals surface area contributed by atoms with Crippen molar-refractivity contribution in [1.82, 2.24) is 9.88 Å². The van der Waals surface area contributed by atoms with Gasteiger partial charge in [-0.15, -0.1) is 0 Å². The number of halogens is 2. The Morgan fingerprint density at radius 3 is 2.47 bits per heavy atom. The van der Waals surface area contributed by atoms with Gasteiger partial charge < -0.3 is 14.7 Å². The molecule has 2 aliphatic heterocycles. The van der Waals surface area contributed by atoms with Crippen LogP contribution in [0.1, 0.15) is 20.3 Å². The normalized spacial score (nSPS) is 16.7. The molecule has 8 nitrogen and oxygen atoms in total. The smallest absolute Gasteiger partial charge is 0.263 e. The standard InChI is InChI=1S/C27H29ClFN5O3S.H2/c1-19(34-12-2-3-20-17-21(28)4-10-25(20)34)27(35)33-15-13-32(14-16-33)23-6-8-24(9-7-23)38(36,37)31-26-11-5-22(29)18-30-26;/h4-11,17-19H,2-3,12-16H2,1H3,(H,30,31);1H/t19-;/m0./s1. The van der Waals surface area contributed by atoms with Crippen LogP contribution in [0.3, 0.4) is 0 Å². The van der Waals surface area contributed by atoms with Crippen LogP contribution in [-0.4, -0.2) is 63.0 Å². The van der Waals surface area contributed by atoms with Crippen molar-refractivity contribution in [2.75, 3.05) is 47.2 Å². The number of fused-ring (bicyclic) bond motifs is 1. The minimum atomic E-state index is -3.86. The number of aryl methyl sites for hydroxylation is 1. The molecule has 1 fully saturated rings. The first-order chi connectivity index (χ1) is 18.2. The van der Waals surface area contributed by atoms with Crippen molar-refractivity contribution in [3.63, 3.8) is 0 Å². The summed E-state index contributed by atoms with van der Waals surface area (Å²) in [6.45, 7) is 5.27. The molecule has 0 aliphatic carbocycles. The van der Waals surface area contributed by atoms with E-state index in [9.17, 15) is 17.6 Å². The number of anilines is 3. The summed E-state index contributed by atoms with van der Waals surface area (Å²) in [5, 5.41) is 0.715. The van der Waals surface area contributed by atoms with Crippen molar-refractivity contribution in [2.24, 2.45) is 0 Å². The highest BCUT2D eigenvalue weighted by Crippen LogP contribution is 2.31. The Morgan fingerprint density at radius 2 is 1.79 bits per heavy atom. The molecule has 38 heavy (non-hydrogen) atoms. The van der Waals surface area contributed by atoms with Gasteiger partial charge in [-0.2, -0.15) is 0 Å². The van der Waals surface area contributed by atoms with E-state index in [0.717, 1.165) is 43.0 Å². The fourth-order valence-corrected chi connectivity index (χ4v) is 6.25. The predicted molar refractivity (Wildman–Crippen MR) is 149 cm³/mol. The second kappa shape index (κ2) is 10.8. The van der Waals surface area contributed by atoms with Gasteiger partial charge in [0.1, 0.15) is 17.7 Å². The Hall–Kier alpha value is -3.37. The highest BCUT2D eigenvalue weighted by Gasteiger charge is 2.31. The summed E-state index contributed by atoms with van der Waals surface area (Å²) in [5.74, 6) is -0.396. The van der Waals surface area contributed by atoms with E-state index in [-0.39, 0.29) is 24.1 Å². The third-order valence-electron chi connectivity index (χ3n) is 7.09. The topological polar surface area (TPSA) is 85.8 Å². The first kappa shape index (κ1) is 26.2. The fraction of sp³-hybridized carbons (Fsp3) is 0.333. The molecule has 11 heteroatoms. The molecule has 0 saturated carbocycles. The molecule has 202 valence electrons. The first-order valence-electron chi connectivity index (χ1n) is 12.5. The van der Waals surface area contributed by atoms with Crippen molar-refractivity contribution in [3.8, 4) is 0 Å². The lowest BCUT2D eigenvalue weighted by Crippen LogP contribution is -2.55. The van der Waals surface area contributed by atoms with Crippen LogP contribution in [0.4, 0.5) is 21.6 Å².